The van der Waals surface area contributed by atoms with Gasteiger partial charge in [0.25, 0.3) is 0 Å². The van der Waals surface area contributed by atoms with E-state index in [0.29, 0.717) is 10.6 Å². The molecule has 2 rings (SSSR count). The predicted octanol–water partition coefficient (Wildman–Crippen LogP) is 5.03. The first-order valence-electron chi connectivity index (χ1n) is 9.34. The van der Waals surface area contributed by atoms with Gasteiger partial charge in [-0.2, -0.15) is 8.42 Å². The Kier molecular flexibility index (Phi) is 7.66. The number of rotatable bonds is 8. The first kappa shape index (κ1) is 23.2. The predicted molar refractivity (Wildman–Crippen MR) is 111 cm³/mol. The Labute approximate surface area is 176 Å². The van der Waals surface area contributed by atoms with Crippen LogP contribution in [0.15, 0.2) is 47.4 Å². The molecule has 1 atom stereocenters. The van der Waals surface area contributed by atoms with Crippen LogP contribution in [0.4, 0.5) is 4.39 Å². The molecule has 0 aliphatic heterocycles. The van der Waals surface area contributed by atoms with Crippen LogP contribution in [-0.2, 0) is 21.5 Å². The molecule has 0 aliphatic rings. The van der Waals surface area contributed by atoms with Crippen molar-refractivity contribution in [2.24, 2.45) is 5.92 Å². The molecule has 0 saturated carbocycles. The van der Waals surface area contributed by atoms with Crippen LogP contribution in [0.5, 0.6) is 5.75 Å². The monoisotopic (exact) mass is 441 g/mol. The zero-order valence-corrected chi connectivity index (χ0v) is 18.4. The van der Waals surface area contributed by atoms with E-state index < -0.39 is 15.9 Å². The maximum atomic E-state index is 13.1. The molecule has 0 fully saturated rings. The average Bonchev–Trinajstić information content (AvgIpc) is 2.67. The van der Waals surface area contributed by atoms with E-state index in [-0.39, 0.29) is 35.1 Å². The van der Waals surface area contributed by atoms with Crippen LogP contribution in [-0.4, -0.2) is 25.3 Å². The van der Waals surface area contributed by atoms with Crippen LogP contribution in [0.3, 0.4) is 0 Å². The fourth-order valence-corrected chi connectivity index (χ4v) is 3.87. The van der Waals surface area contributed by atoms with E-state index in [1.807, 2.05) is 27.7 Å². The van der Waals surface area contributed by atoms with E-state index >= 15 is 0 Å². The van der Waals surface area contributed by atoms with Crippen molar-refractivity contribution in [1.82, 2.24) is 4.90 Å². The molecule has 0 heterocycles. The molecule has 2 aromatic rings. The highest BCUT2D eigenvalue weighted by Crippen LogP contribution is 2.29. The Morgan fingerprint density at radius 3 is 2.31 bits per heavy atom. The van der Waals surface area contributed by atoms with Gasteiger partial charge in [-0.25, -0.2) is 4.39 Å². The summed E-state index contributed by atoms with van der Waals surface area (Å²) in [7, 11) is -4.18. The third kappa shape index (κ3) is 5.93. The molecular weight excluding hydrogens is 417 g/mol. The second-order valence-electron chi connectivity index (χ2n) is 7.12. The zero-order valence-electron chi connectivity index (χ0n) is 16.9. The van der Waals surface area contributed by atoms with E-state index in [0.717, 1.165) is 30.7 Å². The van der Waals surface area contributed by atoms with Crippen molar-refractivity contribution in [3.05, 3.63) is 58.9 Å². The van der Waals surface area contributed by atoms with Crippen molar-refractivity contribution in [2.75, 3.05) is 0 Å². The molecule has 0 radical (unpaired) electrons. The van der Waals surface area contributed by atoms with Crippen LogP contribution in [0.2, 0.25) is 5.02 Å². The van der Waals surface area contributed by atoms with Crippen molar-refractivity contribution >= 4 is 27.6 Å². The summed E-state index contributed by atoms with van der Waals surface area (Å²) < 4.78 is 43.7. The van der Waals surface area contributed by atoms with Gasteiger partial charge in [0.2, 0.25) is 5.91 Å². The summed E-state index contributed by atoms with van der Waals surface area (Å²) in [6, 6.07) is 8.86. The third-order valence-corrected chi connectivity index (χ3v) is 6.05. The summed E-state index contributed by atoms with van der Waals surface area (Å²) in [5.74, 6) is -0.738. The van der Waals surface area contributed by atoms with Gasteiger partial charge in [0, 0.05) is 29.1 Å². The highest BCUT2D eigenvalue weighted by atomic mass is 35.5. The number of hydrogen-bond acceptors (Lipinski definition) is 4. The first-order valence-corrected chi connectivity index (χ1v) is 11.1. The molecule has 0 spiro atoms. The maximum Gasteiger partial charge on any atom is 0.339 e. The number of hydrogen-bond donors (Lipinski definition) is 0. The molecule has 0 saturated heterocycles. The molecule has 2 aromatic carbocycles. The van der Waals surface area contributed by atoms with Gasteiger partial charge in [0.05, 0.1) is 0 Å². The zero-order chi connectivity index (χ0) is 21.8. The van der Waals surface area contributed by atoms with Crippen molar-refractivity contribution in [2.45, 2.75) is 51.6 Å². The van der Waals surface area contributed by atoms with E-state index in [9.17, 15) is 17.6 Å². The molecular formula is C21H25ClFNO4S. The third-order valence-electron chi connectivity index (χ3n) is 4.56. The molecule has 0 N–H and O–H groups in total. The van der Waals surface area contributed by atoms with Gasteiger partial charge < -0.3 is 9.08 Å². The normalized spacial score (nSPS) is 12.7. The second-order valence-corrected chi connectivity index (χ2v) is 9.10. The summed E-state index contributed by atoms with van der Waals surface area (Å²) in [6.07, 6.45) is 0.739. The SMILES string of the molecule is CC[C@H](C)N(Cc1cc(Cl)ccc1OS(=O)(=O)c1ccc(F)cc1)C(=O)C(C)C. The van der Waals surface area contributed by atoms with Gasteiger partial charge in [0.1, 0.15) is 16.5 Å². The lowest BCUT2D eigenvalue weighted by atomic mass is 10.1. The standard InChI is InChI=1S/C21H25ClFNO4S/c1-5-15(4)24(21(25)14(2)3)13-16-12-17(22)6-11-20(16)28-29(26,27)19-9-7-18(23)8-10-19/h6-12,14-15H,5,13H2,1-4H3/t15-/m0/s1. The Morgan fingerprint density at radius 1 is 1.14 bits per heavy atom. The molecule has 29 heavy (non-hydrogen) atoms. The summed E-state index contributed by atoms with van der Waals surface area (Å²) in [5.41, 5.74) is 0.470. The van der Waals surface area contributed by atoms with E-state index in [4.69, 9.17) is 15.8 Å². The van der Waals surface area contributed by atoms with E-state index in [1.54, 1.807) is 11.0 Å². The molecule has 1 amide bonds. The number of amides is 1. The first-order chi connectivity index (χ1) is 13.5. The number of carbonyl (C=O) groups excluding carboxylic acids is 1. The van der Waals surface area contributed by atoms with Crippen LogP contribution in [0, 0.1) is 11.7 Å². The van der Waals surface area contributed by atoms with Crippen molar-refractivity contribution < 1.29 is 21.8 Å². The molecule has 8 heteroatoms. The Balaban J connectivity index is 2.40. The van der Waals surface area contributed by atoms with Gasteiger partial charge in [0.15, 0.2) is 0 Å². The number of halogens is 2. The lowest BCUT2D eigenvalue weighted by molar-refractivity contribution is -0.137. The minimum Gasteiger partial charge on any atom is -0.379 e. The van der Waals surface area contributed by atoms with Crippen molar-refractivity contribution in [3.8, 4) is 5.75 Å². The number of benzene rings is 2. The van der Waals surface area contributed by atoms with Crippen LogP contribution >= 0.6 is 11.6 Å². The number of carbonyl (C=O) groups is 1. The van der Waals surface area contributed by atoms with Gasteiger partial charge >= 0.3 is 10.1 Å². The van der Waals surface area contributed by atoms with E-state index in [1.165, 1.54) is 12.1 Å². The largest absolute Gasteiger partial charge is 0.379 e. The Morgan fingerprint density at radius 2 is 1.76 bits per heavy atom. The summed E-state index contributed by atoms with van der Waals surface area (Å²) >= 11 is 6.11. The fourth-order valence-electron chi connectivity index (χ4n) is 2.71. The number of nitrogens with zero attached hydrogens (tertiary/aromatic N) is 1. The summed E-state index contributed by atoms with van der Waals surface area (Å²) in [5, 5.41) is 0.396. The molecule has 0 aromatic heterocycles. The van der Waals surface area contributed by atoms with Gasteiger partial charge in [-0.05, 0) is 55.8 Å². The van der Waals surface area contributed by atoms with E-state index in [2.05, 4.69) is 0 Å². The molecule has 0 bridgehead atoms. The minimum absolute atomic E-state index is 0.0494. The van der Waals surface area contributed by atoms with Gasteiger partial charge in [-0.1, -0.05) is 32.4 Å². The smallest absolute Gasteiger partial charge is 0.339 e. The summed E-state index contributed by atoms with van der Waals surface area (Å²) in [6.45, 7) is 7.68. The van der Waals surface area contributed by atoms with Crippen molar-refractivity contribution in [1.29, 1.82) is 0 Å². The van der Waals surface area contributed by atoms with Crippen LogP contribution < -0.4 is 4.18 Å². The van der Waals surface area contributed by atoms with Gasteiger partial charge in [-0.3, -0.25) is 4.79 Å². The van der Waals surface area contributed by atoms with Crippen LogP contribution in [0.25, 0.3) is 0 Å². The Hall–Kier alpha value is -2.12. The quantitative estimate of drug-likeness (QED) is 0.539. The van der Waals surface area contributed by atoms with Crippen molar-refractivity contribution in [3.63, 3.8) is 0 Å². The second kappa shape index (κ2) is 9.59. The maximum absolute atomic E-state index is 13.1. The van der Waals surface area contributed by atoms with Gasteiger partial charge in [-0.15, -0.1) is 0 Å². The lowest BCUT2D eigenvalue weighted by Gasteiger charge is -2.31. The fraction of sp³-hybridized carbons (Fsp3) is 0.381. The summed E-state index contributed by atoms with van der Waals surface area (Å²) in [4.78, 5) is 14.2. The molecule has 5 nitrogen and oxygen atoms in total. The van der Waals surface area contributed by atoms with Crippen LogP contribution in [0.1, 0.15) is 39.7 Å². The Bertz CT molecular complexity index is 961. The average molecular weight is 442 g/mol. The minimum atomic E-state index is -4.18. The molecule has 0 unspecified atom stereocenters. The topological polar surface area (TPSA) is 63.7 Å². The molecule has 0 aliphatic carbocycles. The highest BCUT2D eigenvalue weighted by molar-refractivity contribution is 7.87. The lowest BCUT2D eigenvalue weighted by Crippen LogP contribution is -2.40. The molecule has 158 valence electrons. The highest BCUT2D eigenvalue weighted by Gasteiger charge is 2.25.